The summed E-state index contributed by atoms with van der Waals surface area (Å²) in [7, 11) is 0. The normalized spacial score (nSPS) is 11.4. The number of rotatable bonds is 42. The summed E-state index contributed by atoms with van der Waals surface area (Å²) in [5.41, 5.74) is 0. The summed E-state index contributed by atoms with van der Waals surface area (Å²) in [6.07, 6.45) is 40.1. The predicted molar refractivity (Wildman–Crippen MR) is 213 cm³/mol. The smallest absolute Gasteiger partial charge is 0.220 e. The van der Waals surface area contributed by atoms with Crippen molar-refractivity contribution in [3.05, 3.63) is 0 Å². The Morgan fingerprint density at radius 3 is 1.04 bits per heavy atom. The Kier molecular flexibility index (Phi) is 41.2. The van der Waals surface area contributed by atoms with E-state index in [2.05, 4.69) is 24.5 Å². The molecule has 0 rings (SSSR count). The molecular formula is C43H86N2O5. The molecule has 7 heteroatoms. The molecule has 0 saturated heterocycles. The van der Waals surface area contributed by atoms with E-state index in [-0.39, 0.29) is 31.1 Å². The number of aliphatic hydroxyl groups excluding tert-OH is 1. The highest BCUT2D eigenvalue weighted by Crippen LogP contribution is 2.15. The van der Waals surface area contributed by atoms with Gasteiger partial charge in [-0.05, 0) is 12.8 Å². The summed E-state index contributed by atoms with van der Waals surface area (Å²) in [4.78, 5) is 25.0. The first-order valence-corrected chi connectivity index (χ1v) is 22.0. The number of carbonyl (C=O) groups excluding carboxylic acids is 2. The third-order valence-corrected chi connectivity index (χ3v) is 9.89. The van der Waals surface area contributed by atoms with Crippen LogP contribution in [0.1, 0.15) is 219 Å². The minimum absolute atomic E-state index is 0.0197. The van der Waals surface area contributed by atoms with Crippen LogP contribution in [0.25, 0.3) is 0 Å². The van der Waals surface area contributed by atoms with Crippen LogP contribution in [-0.4, -0.2) is 62.5 Å². The summed E-state index contributed by atoms with van der Waals surface area (Å²) in [5.74, 6) is 0.0999. The van der Waals surface area contributed by atoms with Crippen molar-refractivity contribution in [1.82, 2.24) is 10.6 Å². The van der Waals surface area contributed by atoms with Crippen LogP contribution in [0.15, 0.2) is 0 Å². The minimum Gasteiger partial charge on any atom is -0.394 e. The van der Waals surface area contributed by atoms with Crippen molar-refractivity contribution in [3.63, 3.8) is 0 Å². The highest BCUT2D eigenvalue weighted by Gasteiger charge is 2.13. The number of ether oxygens (including phenoxy) is 2. The molecule has 2 amide bonds. The highest BCUT2D eigenvalue weighted by molar-refractivity contribution is 5.76. The van der Waals surface area contributed by atoms with E-state index in [0.717, 1.165) is 25.7 Å². The van der Waals surface area contributed by atoms with Gasteiger partial charge in [-0.25, -0.2) is 0 Å². The summed E-state index contributed by atoms with van der Waals surface area (Å²) in [6.45, 7) is 6.28. The molecule has 0 radical (unpaired) electrons. The molecule has 0 aliphatic rings. The summed E-state index contributed by atoms with van der Waals surface area (Å²) in [5, 5.41) is 14.9. The molecule has 0 bridgehead atoms. The molecule has 0 fully saturated rings. The molecule has 3 N–H and O–H groups in total. The first kappa shape index (κ1) is 48.8. The number of nitrogens with one attached hydrogen (secondary N) is 2. The van der Waals surface area contributed by atoms with E-state index in [0.29, 0.717) is 39.1 Å². The van der Waals surface area contributed by atoms with E-state index in [9.17, 15) is 9.59 Å². The molecule has 0 aliphatic heterocycles. The van der Waals surface area contributed by atoms with Gasteiger partial charge >= 0.3 is 0 Å². The number of unbranched alkanes of at least 4 members (excludes halogenated alkanes) is 28. The van der Waals surface area contributed by atoms with Crippen LogP contribution in [0, 0.1) is 0 Å². The fourth-order valence-corrected chi connectivity index (χ4v) is 6.58. The van der Waals surface area contributed by atoms with Gasteiger partial charge in [0.2, 0.25) is 11.8 Å². The van der Waals surface area contributed by atoms with Gasteiger partial charge in [-0.3, -0.25) is 9.59 Å². The lowest BCUT2D eigenvalue weighted by Gasteiger charge is -2.19. The summed E-state index contributed by atoms with van der Waals surface area (Å²) >= 11 is 0. The summed E-state index contributed by atoms with van der Waals surface area (Å²) < 4.78 is 11.2. The first-order valence-electron chi connectivity index (χ1n) is 22.0. The third kappa shape index (κ3) is 39.6. The molecule has 0 heterocycles. The van der Waals surface area contributed by atoms with Gasteiger partial charge in [0.05, 0.1) is 32.5 Å². The average molecular weight is 711 g/mol. The van der Waals surface area contributed by atoms with E-state index in [1.807, 2.05) is 0 Å². The number of hydrogen-bond donors (Lipinski definition) is 3. The fraction of sp³-hybridized carbons (Fsp3) is 0.953. The molecular weight excluding hydrogens is 624 g/mol. The molecule has 0 spiro atoms. The van der Waals surface area contributed by atoms with Gasteiger partial charge in [-0.2, -0.15) is 0 Å². The van der Waals surface area contributed by atoms with Gasteiger partial charge in [0.15, 0.2) is 0 Å². The maximum atomic E-state index is 12.5. The standard InChI is InChI=1S/C43H86N2O5/c1-3-5-7-9-11-13-15-17-19-21-23-25-27-29-31-33-42(47)44-39-41(50-38-37-49-36-35-46)40-45-43(48)34-32-30-28-26-24-22-20-18-16-14-12-10-8-6-4-2/h41,46H,3-40H2,1-2H3,(H,44,47)(H,45,48). The Balaban J connectivity index is 3.88. The SMILES string of the molecule is CCCCCCCCCCCCCCCCCC(=O)NCC(CNC(=O)CCCCCCCCCCCCCCCCC)OCCOCCO. The quantitative estimate of drug-likeness (QED) is 0.0548. The van der Waals surface area contributed by atoms with Crippen molar-refractivity contribution in [1.29, 1.82) is 0 Å². The van der Waals surface area contributed by atoms with Gasteiger partial charge < -0.3 is 25.2 Å². The van der Waals surface area contributed by atoms with Gasteiger partial charge in [0.1, 0.15) is 0 Å². The Morgan fingerprint density at radius 2 is 0.740 bits per heavy atom. The average Bonchev–Trinajstić information content (AvgIpc) is 3.12. The van der Waals surface area contributed by atoms with E-state index < -0.39 is 0 Å². The molecule has 7 nitrogen and oxygen atoms in total. The lowest BCUT2D eigenvalue weighted by Crippen LogP contribution is -2.42. The van der Waals surface area contributed by atoms with Crippen molar-refractivity contribution in [2.75, 3.05) is 39.5 Å². The largest absolute Gasteiger partial charge is 0.394 e. The first-order chi connectivity index (χ1) is 24.6. The van der Waals surface area contributed by atoms with Gasteiger partial charge in [-0.1, -0.05) is 194 Å². The maximum absolute atomic E-state index is 12.5. The lowest BCUT2D eigenvalue weighted by molar-refractivity contribution is -0.122. The van der Waals surface area contributed by atoms with Gasteiger partial charge in [-0.15, -0.1) is 0 Å². The van der Waals surface area contributed by atoms with Crippen molar-refractivity contribution in [3.8, 4) is 0 Å². The second kappa shape index (κ2) is 42.2. The number of amides is 2. The van der Waals surface area contributed by atoms with Crippen LogP contribution in [-0.2, 0) is 19.1 Å². The zero-order chi connectivity index (χ0) is 36.4. The van der Waals surface area contributed by atoms with Crippen molar-refractivity contribution < 1.29 is 24.2 Å². The van der Waals surface area contributed by atoms with Gasteiger partial charge in [0.25, 0.3) is 0 Å². The Bertz CT molecular complexity index is 642. The molecule has 0 unspecified atom stereocenters. The fourth-order valence-electron chi connectivity index (χ4n) is 6.58. The van der Waals surface area contributed by atoms with Gasteiger partial charge in [0, 0.05) is 25.9 Å². The lowest BCUT2D eigenvalue weighted by atomic mass is 10.0. The Hall–Kier alpha value is -1.18. The molecule has 0 aromatic carbocycles. The molecule has 0 saturated carbocycles. The zero-order valence-corrected chi connectivity index (χ0v) is 33.5. The second-order valence-corrected chi connectivity index (χ2v) is 14.8. The van der Waals surface area contributed by atoms with E-state index >= 15 is 0 Å². The monoisotopic (exact) mass is 711 g/mol. The van der Waals surface area contributed by atoms with Crippen molar-refractivity contribution >= 4 is 11.8 Å². The molecule has 0 aromatic heterocycles. The molecule has 0 atom stereocenters. The van der Waals surface area contributed by atoms with Crippen LogP contribution in [0.2, 0.25) is 0 Å². The molecule has 50 heavy (non-hydrogen) atoms. The van der Waals surface area contributed by atoms with Crippen LogP contribution in [0.4, 0.5) is 0 Å². The molecule has 298 valence electrons. The predicted octanol–water partition coefficient (Wildman–Crippen LogP) is 11.1. The molecule has 0 aliphatic carbocycles. The highest BCUT2D eigenvalue weighted by atomic mass is 16.5. The summed E-state index contributed by atoms with van der Waals surface area (Å²) in [6, 6.07) is 0. The van der Waals surface area contributed by atoms with Crippen molar-refractivity contribution in [2.45, 2.75) is 225 Å². The van der Waals surface area contributed by atoms with E-state index in [4.69, 9.17) is 14.6 Å². The second-order valence-electron chi connectivity index (χ2n) is 14.8. The van der Waals surface area contributed by atoms with Crippen LogP contribution >= 0.6 is 0 Å². The number of carbonyl (C=O) groups is 2. The number of hydrogen-bond acceptors (Lipinski definition) is 5. The number of aliphatic hydroxyl groups is 1. The van der Waals surface area contributed by atoms with Crippen LogP contribution < -0.4 is 10.6 Å². The topological polar surface area (TPSA) is 96.9 Å². The Morgan fingerprint density at radius 1 is 0.440 bits per heavy atom. The van der Waals surface area contributed by atoms with E-state index in [1.54, 1.807) is 0 Å². The van der Waals surface area contributed by atoms with Crippen LogP contribution in [0.5, 0.6) is 0 Å². The van der Waals surface area contributed by atoms with Crippen LogP contribution in [0.3, 0.4) is 0 Å². The third-order valence-electron chi connectivity index (χ3n) is 9.89. The Labute approximate surface area is 311 Å². The van der Waals surface area contributed by atoms with Crippen molar-refractivity contribution in [2.24, 2.45) is 0 Å². The minimum atomic E-state index is -0.303. The zero-order valence-electron chi connectivity index (χ0n) is 33.5. The molecule has 0 aromatic rings. The van der Waals surface area contributed by atoms with E-state index in [1.165, 1.54) is 167 Å². The maximum Gasteiger partial charge on any atom is 0.220 e.